The van der Waals surface area contributed by atoms with E-state index in [1.807, 2.05) is 38.2 Å². The summed E-state index contributed by atoms with van der Waals surface area (Å²) in [4.78, 5) is 25.6. The molecule has 0 aliphatic carbocycles. The number of likely N-dealkylation sites (N-methyl/N-ethyl adjacent to an activating group) is 1. The van der Waals surface area contributed by atoms with Crippen molar-refractivity contribution >= 4 is 11.9 Å². The van der Waals surface area contributed by atoms with Crippen LogP contribution in [0.4, 0.5) is 4.79 Å². The minimum absolute atomic E-state index is 0.00991. The highest BCUT2D eigenvalue weighted by molar-refractivity contribution is 5.79. The molecule has 120 valence electrons. The monoisotopic (exact) mass is 304 g/mol. The normalized spacial score (nSPS) is 18.7. The van der Waals surface area contributed by atoms with Crippen LogP contribution >= 0.6 is 0 Å². The maximum atomic E-state index is 12.5. The Bertz CT molecular complexity index is 541. The van der Waals surface area contributed by atoms with Crippen LogP contribution in [0, 0.1) is 6.92 Å². The SMILES string of the molecule is Cc1ccccc1[C@H](CC(=O)N(C)[C@H]1CCNC1)NC(N)=O. The van der Waals surface area contributed by atoms with Crippen LogP contribution in [0.25, 0.3) is 0 Å². The first-order valence-corrected chi connectivity index (χ1v) is 7.57. The van der Waals surface area contributed by atoms with Gasteiger partial charge in [-0.05, 0) is 31.0 Å². The molecule has 0 radical (unpaired) electrons. The second-order valence-electron chi connectivity index (χ2n) is 5.77. The van der Waals surface area contributed by atoms with Gasteiger partial charge in [0.1, 0.15) is 0 Å². The Morgan fingerprint density at radius 3 is 2.77 bits per heavy atom. The van der Waals surface area contributed by atoms with Crippen molar-refractivity contribution in [1.82, 2.24) is 15.5 Å². The number of rotatable bonds is 5. The van der Waals surface area contributed by atoms with Crippen molar-refractivity contribution in [2.45, 2.75) is 31.8 Å². The molecule has 0 unspecified atom stereocenters. The molecular formula is C16H24N4O2. The zero-order chi connectivity index (χ0) is 16.1. The molecule has 1 aromatic rings. The molecular weight excluding hydrogens is 280 g/mol. The van der Waals surface area contributed by atoms with Gasteiger partial charge in [0, 0.05) is 19.6 Å². The van der Waals surface area contributed by atoms with Gasteiger partial charge in [-0.3, -0.25) is 4.79 Å². The molecule has 0 aromatic heterocycles. The number of primary amides is 1. The topological polar surface area (TPSA) is 87.5 Å². The van der Waals surface area contributed by atoms with Crippen molar-refractivity contribution in [2.75, 3.05) is 20.1 Å². The van der Waals surface area contributed by atoms with Crippen LogP contribution in [0.5, 0.6) is 0 Å². The Morgan fingerprint density at radius 1 is 1.45 bits per heavy atom. The highest BCUT2D eigenvalue weighted by Crippen LogP contribution is 2.22. The largest absolute Gasteiger partial charge is 0.352 e. The van der Waals surface area contributed by atoms with Gasteiger partial charge in [-0.1, -0.05) is 24.3 Å². The van der Waals surface area contributed by atoms with Gasteiger partial charge in [0.15, 0.2) is 0 Å². The predicted molar refractivity (Wildman–Crippen MR) is 85.3 cm³/mol. The molecule has 1 aliphatic rings. The third-order valence-electron chi connectivity index (χ3n) is 4.23. The van der Waals surface area contributed by atoms with E-state index in [1.165, 1.54) is 0 Å². The van der Waals surface area contributed by atoms with Crippen LogP contribution in [0.15, 0.2) is 24.3 Å². The zero-order valence-electron chi connectivity index (χ0n) is 13.1. The smallest absolute Gasteiger partial charge is 0.312 e. The number of urea groups is 1. The molecule has 1 fully saturated rings. The molecule has 1 aliphatic heterocycles. The summed E-state index contributed by atoms with van der Waals surface area (Å²) in [5, 5.41) is 5.94. The number of carbonyl (C=O) groups excluding carboxylic acids is 2. The summed E-state index contributed by atoms with van der Waals surface area (Å²) in [7, 11) is 1.82. The lowest BCUT2D eigenvalue weighted by atomic mass is 9.98. The average Bonchev–Trinajstić information content (AvgIpc) is 3.00. The molecule has 0 spiro atoms. The van der Waals surface area contributed by atoms with Crippen molar-refractivity contribution in [2.24, 2.45) is 5.73 Å². The van der Waals surface area contributed by atoms with Crippen LogP contribution in [0.3, 0.4) is 0 Å². The van der Waals surface area contributed by atoms with E-state index in [2.05, 4.69) is 10.6 Å². The first kappa shape index (κ1) is 16.3. The van der Waals surface area contributed by atoms with E-state index in [-0.39, 0.29) is 18.4 Å². The van der Waals surface area contributed by atoms with E-state index in [0.717, 1.165) is 30.6 Å². The number of hydrogen-bond acceptors (Lipinski definition) is 3. The molecule has 3 amide bonds. The number of aryl methyl sites for hydroxylation is 1. The van der Waals surface area contributed by atoms with Crippen molar-refractivity contribution in [1.29, 1.82) is 0 Å². The van der Waals surface area contributed by atoms with Gasteiger partial charge in [0.25, 0.3) is 0 Å². The Labute approximate surface area is 131 Å². The molecule has 22 heavy (non-hydrogen) atoms. The van der Waals surface area contributed by atoms with Gasteiger partial charge in [0.05, 0.1) is 12.5 Å². The van der Waals surface area contributed by atoms with Crippen LogP contribution in [0.1, 0.15) is 30.0 Å². The average molecular weight is 304 g/mol. The lowest BCUT2D eigenvalue weighted by Gasteiger charge is -2.27. The summed E-state index contributed by atoms with van der Waals surface area (Å²) in [6.07, 6.45) is 1.17. The summed E-state index contributed by atoms with van der Waals surface area (Å²) in [5.41, 5.74) is 7.22. The van der Waals surface area contributed by atoms with Crippen LogP contribution in [-0.4, -0.2) is 43.0 Å². The van der Waals surface area contributed by atoms with Crippen molar-refractivity contribution in [3.8, 4) is 0 Å². The lowest BCUT2D eigenvalue weighted by molar-refractivity contribution is -0.132. The number of benzene rings is 1. The highest BCUT2D eigenvalue weighted by Gasteiger charge is 2.26. The number of amides is 3. The summed E-state index contributed by atoms with van der Waals surface area (Å²) in [5.74, 6) is 0.00991. The lowest BCUT2D eigenvalue weighted by Crippen LogP contribution is -2.41. The Kier molecular flexibility index (Phi) is 5.38. The van der Waals surface area contributed by atoms with Gasteiger partial charge in [-0.15, -0.1) is 0 Å². The Hall–Kier alpha value is -2.08. The summed E-state index contributed by atoms with van der Waals surface area (Å²) in [6.45, 7) is 3.71. The molecule has 0 bridgehead atoms. The first-order valence-electron chi connectivity index (χ1n) is 7.57. The van der Waals surface area contributed by atoms with Gasteiger partial charge in [-0.25, -0.2) is 4.79 Å². The molecule has 1 aromatic carbocycles. The van der Waals surface area contributed by atoms with Gasteiger partial charge < -0.3 is 21.3 Å². The third-order valence-corrected chi connectivity index (χ3v) is 4.23. The van der Waals surface area contributed by atoms with Crippen LogP contribution < -0.4 is 16.4 Å². The molecule has 4 N–H and O–H groups in total. The second kappa shape index (κ2) is 7.26. The van der Waals surface area contributed by atoms with Crippen LogP contribution in [-0.2, 0) is 4.79 Å². The number of nitrogens with one attached hydrogen (secondary N) is 2. The van der Waals surface area contributed by atoms with E-state index in [9.17, 15) is 9.59 Å². The standard InChI is InChI=1S/C16H24N4O2/c1-11-5-3-4-6-13(11)14(19-16(17)22)9-15(21)20(2)12-7-8-18-10-12/h3-6,12,14,18H,7-10H2,1-2H3,(H3,17,19,22)/t12-,14-/m0/s1. The van der Waals surface area contributed by atoms with Gasteiger partial charge in [-0.2, -0.15) is 0 Å². The van der Waals surface area contributed by atoms with E-state index in [4.69, 9.17) is 5.73 Å². The van der Waals surface area contributed by atoms with Crippen molar-refractivity contribution < 1.29 is 9.59 Å². The fraction of sp³-hybridized carbons (Fsp3) is 0.500. The third kappa shape index (κ3) is 3.98. The number of nitrogens with zero attached hydrogens (tertiary/aromatic N) is 1. The fourth-order valence-corrected chi connectivity index (χ4v) is 2.88. The number of carbonyl (C=O) groups is 2. The Balaban J connectivity index is 2.11. The van der Waals surface area contributed by atoms with Crippen molar-refractivity contribution in [3.63, 3.8) is 0 Å². The van der Waals surface area contributed by atoms with E-state index in [1.54, 1.807) is 4.90 Å². The minimum atomic E-state index is -0.619. The van der Waals surface area contributed by atoms with E-state index < -0.39 is 12.1 Å². The number of hydrogen-bond donors (Lipinski definition) is 3. The minimum Gasteiger partial charge on any atom is -0.352 e. The van der Waals surface area contributed by atoms with E-state index >= 15 is 0 Å². The van der Waals surface area contributed by atoms with E-state index in [0.29, 0.717) is 0 Å². The van der Waals surface area contributed by atoms with Crippen molar-refractivity contribution in [3.05, 3.63) is 35.4 Å². The molecule has 1 heterocycles. The quantitative estimate of drug-likeness (QED) is 0.756. The van der Waals surface area contributed by atoms with Gasteiger partial charge >= 0.3 is 6.03 Å². The summed E-state index contributed by atoms with van der Waals surface area (Å²) >= 11 is 0. The molecule has 1 saturated heterocycles. The molecule has 6 nitrogen and oxygen atoms in total. The van der Waals surface area contributed by atoms with Crippen LogP contribution in [0.2, 0.25) is 0 Å². The maximum Gasteiger partial charge on any atom is 0.312 e. The number of nitrogens with two attached hydrogens (primary N) is 1. The highest BCUT2D eigenvalue weighted by atomic mass is 16.2. The van der Waals surface area contributed by atoms with Gasteiger partial charge in [0.2, 0.25) is 5.91 Å². The predicted octanol–water partition coefficient (Wildman–Crippen LogP) is 0.915. The fourth-order valence-electron chi connectivity index (χ4n) is 2.88. The molecule has 6 heteroatoms. The first-order chi connectivity index (χ1) is 10.5. The maximum absolute atomic E-state index is 12.5. The molecule has 2 atom stereocenters. The summed E-state index contributed by atoms with van der Waals surface area (Å²) in [6, 6.07) is 6.90. The Morgan fingerprint density at radius 2 is 2.18 bits per heavy atom. The zero-order valence-corrected chi connectivity index (χ0v) is 13.1. The second-order valence-corrected chi connectivity index (χ2v) is 5.77. The molecule has 2 rings (SSSR count). The summed E-state index contributed by atoms with van der Waals surface area (Å²) < 4.78 is 0. The molecule has 0 saturated carbocycles.